The number of fused-ring (bicyclic) bond motifs is 3. The summed E-state index contributed by atoms with van der Waals surface area (Å²) in [7, 11) is 0. The molecule has 2 aromatic rings. The molecule has 3 rings (SSSR count). The molecule has 1 aliphatic rings. The van der Waals surface area contributed by atoms with Gasteiger partial charge in [-0.15, -0.1) is 0 Å². The lowest BCUT2D eigenvalue weighted by atomic mass is 9.98. The highest BCUT2D eigenvalue weighted by Gasteiger charge is 2.29. The normalized spacial score (nSPS) is 12.3. The molecule has 0 saturated heterocycles. The van der Waals surface area contributed by atoms with Crippen LogP contribution in [0.5, 0.6) is 0 Å². The van der Waals surface area contributed by atoms with E-state index >= 15 is 0 Å². The molecule has 1 aliphatic carbocycles. The van der Waals surface area contributed by atoms with Gasteiger partial charge >= 0.3 is 12.1 Å². The van der Waals surface area contributed by atoms with Gasteiger partial charge in [0.1, 0.15) is 12.2 Å². The van der Waals surface area contributed by atoms with Gasteiger partial charge in [-0.2, -0.15) is 0 Å². The number of alkyl carbamates (subject to hydrolysis) is 1. The fourth-order valence-electron chi connectivity index (χ4n) is 4.44. The molecule has 2 aromatic carbocycles. The highest BCUT2D eigenvalue weighted by Crippen LogP contribution is 2.44. The van der Waals surface area contributed by atoms with E-state index in [9.17, 15) is 14.4 Å². The molecule has 2 amide bonds. The molecule has 0 atom stereocenters. The summed E-state index contributed by atoms with van der Waals surface area (Å²) in [6, 6.07) is 16.2. The summed E-state index contributed by atoms with van der Waals surface area (Å²) < 4.78 is 32.3. The quantitative estimate of drug-likeness (QED) is 0.184. The molecule has 0 unspecified atom stereocenters. The van der Waals surface area contributed by atoms with E-state index in [-0.39, 0.29) is 37.4 Å². The van der Waals surface area contributed by atoms with Crippen molar-refractivity contribution in [2.45, 2.75) is 38.7 Å². The van der Waals surface area contributed by atoms with E-state index in [1.807, 2.05) is 45.0 Å². The van der Waals surface area contributed by atoms with Crippen LogP contribution in [0.4, 0.5) is 4.79 Å². The largest absolute Gasteiger partial charge is 0.460 e. The number of hydrogen-bond donors (Lipinski definition) is 2. The Hall–Kier alpha value is -3.51. The fraction of sp³-hybridized carbons (Fsp3) is 0.531. The van der Waals surface area contributed by atoms with Gasteiger partial charge in [0.05, 0.1) is 65.8 Å². The average molecular weight is 601 g/mol. The van der Waals surface area contributed by atoms with E-state index in [4.69, 9.17) is 28.4 Å². The van der Waals surface area contributed by atoms with Crippen molar-refractivity contribution in [2.24, 2.45) is 0 Å². The Labute approximate surface area is 253 Å². The van der Waals surface area contributed by atoms with Gasteiger partial charge in [-0.05, 0) is 43.0 Å². The predicted octanol–water partition coefficient (Wildman–Crippen LogP) is 3.44. The molecule has 2 N–H and O–H groups in total. The SMILES string of the molecule is CC(C)(C)OC(=O)CCOCCOCCOCCOCCNC(=O)CNC(=O)OCC1c2ccccc2-c2ccccc21. The van der Waals surface area contributed by atoms with E-state index in [0.717, 1.165) is 22.3 Å². The number of carbonyl (C=O) groups is 3. The summed E-state index contributed by atoms with van der Waals surface area (Å²) >= 11 is 0. The molecule has 0 fully saturated rings. The molecule has 11 nitrogen and oxygen atoms in total. The van der Waals surface area contributed by atoms with Gasteiger partial charge in [-0.1, -0.05) is 48.5 Å². The minimum Gasteiger partial charge on any atom is -0.460 e. The molecule has 43 heavy (non-hydrogen) atoms. The maximum absolute atomic E-state index is 12.2. The standard InChI is InChI=1S/C32H44N2O9/c1-32(2,3)43-30(36)12-14-38-16-18-40-20-21-41-19-17-39-15-13-33-29(35)22-34-31(37)42-23-28-26-10-6-4-8-24(26)25-9-5-7-11-27(25)28/h4-11,28H,12-23H2,1-3H3,(H,33,35)(H,34,37). The van der Waals surface area contributed by atoms with Crippen molar-refractivity contribution < 1.29 is 42.8 Å². The van der Waals surface area contributed by atoms with Gasteiger partial charge in [0, 0.05) is 12.5 Å². The van der Waals surface area contributed by atoms with E-state index < -0.39 is 11.7 Å². The smallest absolute Gasteiger partial charge is 0.407 e. The number of benzene rings is 2. The Morgan fingerprint density at radius 3 is 1.77 bits per heavy atom. The third-order valence-corrected chi connectivity index (χ3v) is 6.29. The zero-order valence-electron chi connectivity index (χ0n) is 25.4. The maximum atomic E-state index is 12.2. The van der Waals surface area contributed by atoms with Gasteiger partial charge < -0.3 is 39.1 Å². The van der Waals surface area contributed by atoms with Crippen LogP contribution in [-0.4, -0.2) is 96.1 Å². The third-order valence-electron chi connectivity index (χ3n) is 6.29. The van der Waals surface area contributed by atoms with E-state index in [1.165, 1.54) is 0 Å². The fourth-order valence-corrected chi connectivity index (χ4v) is 4.44. The van der Waals surface area contributed by atoms with Crippen LogP contribution in [0, 0.1) is 0 Å². The minimum absolute atomic E-state index is 0.0382. The van der Waals surface area contributed by atoms with Gasteiger partial charge in [-0.25, -0.2) is 4.79 Å². The Morgan fingerprint density at radius 2 is 1.21 bits per heavy atom. The van der Waals surface area contributed by atoms with Crippen LogP contribution in [0.3, 0.4) is 0 Å². The van der Waals surface area contributed by atoms with Crippen molar-refractivity contribution in [3.63, 3.8) is 0 Å². The first-order valence-corrected chi connectivity index (χ1v) is 14.6. The summed E-state index contributed by atoms with van der Waals surface area (Å²) in [4.78, 5) is 35.8. The van der Waals surface area contributed by atoms with Crippen LogP contribution in [0.1, 0.15) is 44.2 Å². The number of rotatable bonds is 19. The summed E-state index contributed by atoms with van der Waals surface area (Å²) in [5.74, 6) is -0.655. The number of ether oxygens (including phenoxy) is 6. The lowest BCUT2D eigenvalue weighted by molar-refractivity contribution is -0.156. The van der Waals surface area contributed by atoms with Crippen molar-refractivity contribution in [3.8, 4) is 11.1 Å². The van der Waals surface area contributed by atoms with Crippen molar-refractivity contribution in [1.82, 2.24) is 10.6 Å². The maximum Gasteiger partial charge on any atom is 0.407 e. The van der Waals surface area contributed by atoms with Crippen LogP contribution >= 0.6 is 0 Å². The van der Waals surface area contributed by atoms with Gasteiger partial charge in [0.2, 0.25) is 5.91 Å². The summed E-state index contributed by atoms with van der Waals surface area (Å²) in [5, 5.41) is 5.18. The van der Waals surface area contributed by atoms with E-state index in [1.54, 1.807) is 0 Å². The molecule has 11 heteroatoms. The number of hydrogen-bond acceptors (Lipinski definition) is 9. The Kier molecular flexibility index (Phi) is 14.4. The van der Waals surface area contributed by atoms with E-state index in [0.29, 0.717) is 59.4 Å². The molecule has 236 valence electrons. The molecule has 0 aromatic heterocycles. The molecule has 0 spiro atoms. The zero-order valence-corrected chi connectivity index (χ0v) is 25.4. The van der Waals surface area contributed by atoms with Crippen molar-refractivity contribution in [1.29, 1.82) is 0 Å². The lowest BCUT2D eigenvalue weighted by Crippen LogP contribution is -2.38. The van der Waals surface area contributed by atoms with Crippen LogP contribution in [-0.2, 0) is 38.0 Å². The molecule has 0 radical (unpaired) electrons. The number of amides is 2. The molecular weight excluding hydrogens is 556 g/mol. The van der Waals surface area contributed by atoms with E-state index in [2.05, 4.69) is 34.9 Å². The van der Waals surface area contributed by atoms with Gasteiger partial charge in [-0.3, -0.25) is 9.59 Å². The van der Waals surface area contributed by atoms with Gasteiger partial charge in [0.25, 0.3) is 0 Å². The predicted molar refractivity (Wildman–Crippen MR) is 160 cm³/mol. The first kappa shape index (κ1) is 34.0. The summed E-state index contributed by atoms with van der Waals surface area (Å²) in [5.41, 5.74) is 4.07. The zero-order chi connectivity index (χ0) is 30.9. The Balaban J connectivity index is 1.11. The number of carbonyl (C=O) groups excluding carboxylic acids is 3. The number of esters is 1. The summed E-state index contributed by atoms with van der Waals surface area (Å²) in [6.07, 6.45) is -0.428. The molecule has 0 heterocycles. The molecular formula is C32H44N2O9. The molecule has 0 aliphatic heterocycles. The van der Waals surface area contributed by atoms with Crippen molar-refractivity contribution in [3.05, 3.63) is 59.7 Å². The molecule has 0 saturated carbocycles. The van der Waals surface area contributed by atoms with Crippen LogP contribution < -0.4 is 10.6 Å². The third kappa shape index (κ3) is 12.7. The minimum atomic E-state index is -0.639. The highest BCUT2D eigenvalue weighted by molar-refractivity contribution is 5.82. The van der Waals surface area contributed by atoms with Gasteiger partial charge in [0.15, 0.2) is 0 Å². The van der Waals surface area contributed by atoms with Crippen LogP contribution in [0.15, 0.2) is 48.5 Å². The lowest BCUT2D eigenvalue weighted by Gasteiger charge is -2.19. The van der Waals surface area contributed by atoms with Crippen LogP contribution in [0.25, 0.3) is 11.1 Å². The molecule has 0 bridgehead atoms. The summed E-state index contributed by atoms with van der Waals surface area (Å²) in [6.45, 7) is 8.80. The number of nitrogens with one attached hydrogen (secondary N) is 2. The van der Waals surface area contributed by atoms with Crippen molar-refractivity contribution >= 4 is 18.0 Å². The Bertz CT molecular complexity index is 1120. The first-order chi connectivity index (χ1) is 20.7. The monoisotopic (exact) mass is 600 g/mol. The Morgan fingerprint density at radius 1 is 0.698 bits per heavy atom. The second-order valence-electron chi connectivity index (χ2n) is 10.8. The van der Waals surface area contributed by atoms with Crippen LogP contribution in [0.2, 0.25) is 0 Å². The topological polar surface area (TPSA) is 131 Å². The second-order valence-corrected chi connectivity index (χ2v) is 10.8. The average Bonchev–Trinajstić information content (AvgIpc) is 3.29. The second kappa shape index (κ2) is 18.2. The van der Waals surface area contributed by atoms with Crippen molar-refractivity contribution in [2.75, 3.05) is 72.6 Å². The first-order valence-electron chi connectivity index (χ1n) is 14.6. The highest BCUT2D eigenvalue weighted by atomic mass is 16.6.